The lowest BCUT2D eigenvalue weighted by atomic mass is 10.2. The minimum Gasteiger partial charge on any atom is -0.493 e. The zero-order valence-electron chi connectivity index (χ0n) is 16.5. The number of hydrogen-bond acceptors (Lipinski definition) is 6. The highest BCUT2D eigenvalue weighted by molar-refractivity contribution is 8.00. The molecule has 5 nitrogen and oxygen atoms in total. The number of ketones is 1. The molecule has 0 aromatic heterocycles. The molecule has 0 aliphatic heterocycles. The monoisotopic (exact) mass is 442 g/mol. The number of carbonyl (C=O) groups is 1. The molecule has 0 unspecified atom stereocenters. The van der Waals surface area contributed by atoms with Gasteiger partial charge in [-0.25, -0.2) is 0 Å². The molecule has 0 heterocycles. The zero-order chi connectivity index (χ0) is 22.6. The first-order valence-corrected chi connectivity index (χ1v) is 9.87. The zero-order valence-corrected chi connectivity index (χ0v) is 17.3. The second-order valence-electron chi connectivity index (χ2n) is 6.00. The van der Waals surface area contributed by atoms with Crippen LogP contribution in [0.15, 0.2) is 47.4 Å². The summed E-state index contributed by atoms with van der Waals surface area (Å²) in [6.45, 7) is 4.46. The number of alkyl halides is 3. The van der Waals surface area contributed by atoms with Crippen molar-refractivity contribution < 1.29 is 37.0 Å². The first-order valence-electron chi connectivity index (χ1n) is 8.88. The van der Waals surface area contributed by atoms with Crippen molar-refractivity contribution in [3.63, 3.8) is 0 Å². The molecule has 0 atom stereocenters. The molecule has 162 valence electrons. The van der Waals surface area contributed by atoms with E-state index in [0.717, 1.165) is 34.8 Å². The van der Waals surface area contributed by atoms with Crippen molar-refractivity contribution in [3.05, 3.63) is 53.6 Å². The Kier molecular flexibility index (Phi) is 10.7. The van der Waals surface area contributed by atoms with Crippen LogP contribution in [0.25, 0.3) is 0 Å². The van der Waals surface area contributed by atoms with Gasteiger partial charge in [0.15, 0.2) is 5.78 Å². The Morgan fingerprint density at radius 3 is 2.23 bits per heavy atom. The van der Waals surface area contributed by atoms with Crippen LogP contribution in [0.1, 0.15) is 24.5 Å². The molecule has 0 aliphatic carbocycles. The molecule has 0 aliphatic rings. The van der Waals surface area contributed by atoms with Crippen LogP contribution >= 0.6 is 11.8 Å². The van der Waals surface area contributed by atoms with Crippen LogP contribution in [0.3, 0.4) is 0 Å². The molecular weight excluding hydrogens is 421 g/mol. The van der Waals surface area contributed by atoms with Crippen molar-refractivity contribution in [2.24, 2.45) is 0 Å². The van der Waals surface area contributed by atoms with Crippen molar-refractivity contribution in [2.45, 2.75) is 31.3 Å². The van der Waals surface area contributed by atoms with E-state index in [1.165, 1.54) is 23.9 Å². The minimum atomic E-state index is -4.39. The minimum absolute atomic E-state index is 0.149. The predicted molar refractivity (Wildman–Crippen MR) is 105 cm³/mol. The number of rotatable bonds is 9. The van der Waals surface area contributed by atoms with Gasteiger partial charge in [-0.2, -0.15) is 22.8 Å². The predicted octanol–water partition coefficient (Wildman–Crippen LogP) is 4.96. The summed E-state index contributed by atoms with van der Waals surface area (Å²) in [6.07, 6.45) is -3.20. The lowest BCUT2D eigenvalue weighted by Gasteiger charge is -2.10. The third-order valence-corrected chi connectivity index (χ3v) is 4.64. The van der Waals surface area contributed by atoms with Crippen LogP contribution in [0.5, 0.6) is 11.5 Å². The molecule has 0 bridgehead atoms. The molecule has 2 aromatic rings. The van der Waals surface area contributed by atoms with Crippen molar-refractivity contribution in [1.82, 2.24) is 0 Å². The van der Waals surface area contributed by atoms with E-state index in [2.05, 4.69) is 0 Å². The lowest BCUT2D eigenvalue weighted by molar-refractivity contribution is -0.191. The van der Waals surface area contributed by atoms with Gasteiger partial charge in [0.1, 0.15) is 18.1 Å². The number of ether oxygens (including phenoxy) is 2. The fraction of sp³-hybridized carbons (Fsp3) is 0.333. The average Bonchev–Trinajstić information content (AvgIpc) is 2.70. The number of hydrogen-bond donors (Lipinski definition) is 0. The Morgan fingerprint density at radius 1 is 1.07 bits per heavy atom. The van der Waals surface area contributed by atoms with Crippen LogP contribution in [-0.2, 0) is 20.6 Å². The molecule has 0 saturated carbocycles. The third-order valence-electron chi connectivity index (χ3n) is 3.59. The Hall–Kier alpha value is -2.77. The van der Waals surface area contributed by atoms with E-state index in [9.17, 15) is 18.0 Å². The topological polar surface area (TPSA) is 69.7 Å². The molecule has 2 aromatic carbocycles. The molecular formula is C21H21F3O5S. The van der Waals surface area contributed by atoms with E-state index in [4.69, 9.17) is 19.1 Å². The molecule has 0 radical (unpaired) electrons. The van der Waals surface area contributed by atoms with E-state index in [0.29, 0.717) is 6.61 Å². The Bertz CT molecular complexity index is 845. The maximum absolute atomic E-state index is 12.5. The molecule has 9 heteroatoms. The van der Waals surface area contributed by atoms with E-state index in [1.54, 1.807) is 0 Å². The van der Waals surface area contributed by atoms with Gasteiger partial charge in [0.25, 0.3) is 0 Å². The maximum atomic E-state index is 12.5. The van der Waals surface area contributed by atoms with Gasteiger partial charge in [-0.15, -0.1) is 11.8 Å². The van der Waals surface area contributed by atoms with Crippen molar-refractivity contribution in [2.75, 3.05) is 19.0 Å². The van der Waals surface area contributed by atoms with Crippen LogP contribution < -0.4 is 9.47 Å². The van der Waals surface area contributed by atoms with Gasteiger partial charge < -0.3 is 9.47 Å². The summed E-state index contributed by atoms with van der Waals surface area (Å²) in [6, 6.07) is 10.0. The molecule has 2 rings (SSSR count). The average molecular weight is 442 g/mol. The van der Waals surface area contributed by atoms with Crippen molar-refractivity contribution in [3.8, 4) is 11.5 Å². The third kappa shape index (κ3) is 9.15. The van der Waals surface area contributed by atoms with E-state index < -0.39 is 11.7 Å². The van der Waals surface area contributed by atoms with E-state index in [1.807, 2.05) is 32.0 Å². The normalized spacial score (nSPS) is 10.4. The highest BCUT2D eigenvalue weighted by Crippen LogP contribution is 2.30. The van der Waals surface area contributed by atoms with Crippen LogP contribution in [0, 0.1) is 6.92 Å². The maximum Gasteiger partial charge on any atom is 0.416 e. The Morgan fingerprint density at radius 2 is 1.70 bits per heavy atom. The van der Waals surface area contributed by atoms with Gasteiger partial charge >= 0.3 is 12.3 Å². The number of carbonyl (C=O) groups excluding carboxylic acids is 3. The number of Topliss-reactive ketones (excluding diaryl/α,β-unsaturated/α-hetero) is 1. The molecule has 0 N–H and O–H groups in total. The standard InChI is InChI=1S/C20H21F3O3S.CO2/c1-3-10-25-19-9-8-18(11-14(19)2)27-13-16(24)12-26-17-6-4-15(5-7-17)20(21,22)23;2-1-3/h4-9,11H,3,10,12-13H2,1-2H3;. The van der Waals surface area contributed by atoms with Crippen molar-refractivity contribution >= 4 is 23.7 Å². The highest BCUT2D eigenvalue weighted by Gasteiger charge is 2.30. The smallest absolute Gasteiger partial charge is 0.416 e. The summed E-state index contributed by atoms with van der Waals surface area (Å²) in [5, 5.41) is 0. The van der Waals surface area contributed by atoms with Gasteiger partial charge in [-0.3, -0.25) is 4.79 Å². The quantitative estimate of drug-likeness (QED) is 0.512. The first-order chi connectivity index (χ1) is 14.2. The summed E-state index contributed by atoms with van der Waals surface area (Å²) in [5.41, 5.74) is 0.250. The summed E-state index contributed by atoms with van der Waals surface area (Å²) < 4.78 is 48.4. The largest absolute Gasteiger partial charge is 0.493 e. The van der Waals surface area contributed by atoms with Crippen LogP contribution in [0.2, 0.25) is 0 Å². The summed E-state index contributed by atoms with van der Waals surface area (Å²) in [4.78, 5) is 29.2. The Balaban J connectivity index is 0.00000141. The molecule has 0 saturated heterocycles. The fourth-order valence-electron chi connectivity index (χ4n) is 2.20. The van der Waals surface area contributed by atoms with Gasteiger partial charge in [0, 0.05) is 4.90 Å². The number of aryl methyl sites for hydroxylation is 1. The molecule has 30 heavy (non-hydrogen) atoms. The van der Waals surface area contributed by atoms with Crippen LogP contribution in [-0.4, -0.2) is 30.9 Å². The fourth-order valence-corrected chi connectivity index (χ4v) is 3.03. The number of benzene rings is 2. The van der Waals surface area contributed by atoms with Gasteiger partial charge in [-0.05, 0) is 61.4 Å². The van der Waals surface area contributed by atoms with Gasteiger partial charge in [-0.1, -0.05) is 6.92 Å². The van der Waals surface area contributed by atoms with Crippen molar-refractivity contribution in [1.29, 1.82) is 0 Å². The summed E-state index contributed by atoms with van der Waals surface area (Å²) in [5.74, 6) is 1.13. The second-order valence-corrected chi connectivity index (χ2v) is 7.05. The summed E-state index contributed by atoms with van der Waals surface area (Å²) in [7, 11) is 0. The number of thioether (sulfide) groups is 1. The first kappa shape index (κ1) is 25.3. The van der Waals surface area contributed by atoms with Crippen LogP contribution in [0.4, 0.5) is 13.2 Å². The molecule has 0 spiro atoms. The second kappa shape index (κ2) is 12.7. The van der Waals surface area contributed by atoms with Gasteiger partial charge in [0.05, 0.1) is 17.9 Å². The van der Waals surface area contributed by atoms with Gasteiger partial charge in [0.2, 0.25) is 0 Å². The van der Waals surface area contributed by atoms with E-state index in [-0.39, 0.29) is 30.0 Å². The SMILES string of the molecule is CCCOc1ccc(SCC(=O)COc2ccc(C(F)(F)F)cc2)cc1C.O=C=O. The Labute approximate surface area is 176 Å². The summed E-state index contributed by atoms with van der Waals surface area (Å²) >= 11 is 1.38. The highest BCUT2D eigenvalue weighted by atomic mass is 32.2. The van der Waals surface area contributed by atoms with E-state index >= 15 is 0 Å². The molecule has 0 fully saturated rings. The lowest BCUT2D eigenvalue weighted by Crippen LogP contribution is -2.13. The molecule has 0 amide bonds. The number of halogens is 3.